The molecule has 1 aromatic heterocycles. The molecule has 1 aliphatic rings. The van der Waals surface area contributed by atoms with Gasteiger partial charge in [0.1, 0.15) is 0 Å². The minimum atomic E-state index is -0.357. The van der Waals surface area contributed by atoms with Crippen molar-refractivity contribution in [2.75, 3.05) is 32.4 Å². The van der Waals surface area contributed by atoms with E-state index in [0.29, 0.717) is 39.8 Å². The number of nitrogens with zero attached hydrogens (tertiary/aromatic N) is 1. The van der Waals surface area contributed by atoms with Crippen LogP contribution < -0.4 is 24.8 Å². The number of benzene rings is 2. The van der Waals surface area contributed by atoms with Gasteiger partial charge in [-0.1, -0.05) is 18.2 Å². The number of hydrogen-bond donors (Lipinski definition) is 2. The molecule has 11 heteroatoms. The first-order valence-corrected chi connectivity index (χ1v) is 11.6. The number of anilines is 1. The van der Waals surface area contributed by atoms with Gasteiger partial charge in [-0.25, -0.2) is 0 Å². The fraction of sp³-hybridized carbons (Fsp3) is 0.240. The summed E-state index contributed by atoms with van der Waals surface area (Å²) in [4.78, 5) is 30.2. The van der Waals surface area contributed by atoms with Gasteiger partial charge in [0.25, 0.3) is 0 Å². The minimum Gasteiger partial charge on any atom is -0.493 e. The molecule has 1 fully saturated rings. The fourth-order valence-corrected chi connectivity index (χ4v) is 4.92. The van der Waals surface area contributed by atoms with E-state index in [1.807, 2.05) is 12.1 Å². The molecule has 0 aliphatic carbocycles. The fourth-order valence-electron chi connectivity index (χ4n) is 3.69. The van der Waals surface area contributed by atoms with Crippen LogP contribution in [0.2, 0.25) is 0 Å². The molecule has 2 N–H and O–H groups in total. The highest BCUT2D eigenvalue weighted by atomic mass is 35.5. The Bertz CT molecular complexity index is 1170. The highest BCUT2D eigenvalue weighted by Gasteiger charge is 2.30. The average molecular weight is 552 g/mol. The third-order valence-corrected chi connectivity index (χ3v) is 6.67. The molecule has 2 unspecified atom stereocenters. The number of ketones is 1. The monoisotopic (exact) mass is 551 g/mol. The van der Waals surface area contributed by atoms with E-state index in [4.69, 9.17) is 14.2 Å². The minimum absolute atomic E-state index is 0. The number of hydrogen-bond acceptors (Lipinski definition) is 8. The number of ether oxygens (including phenoxy) is 3. The van der Waals surface area contributed by atoms with Crippen molar-refractivity contribution in [2.45, 2.75) is 11.4 Å². The molecule has 3 aromatic rings. The SMILES string of the molecule is COc1cc(C(=O)c2cccc(NC(=O)C3CSC(c4cccnc4)N3)c2)cc(OC)c1OC.Cl.Cl. The molecule has 1 amide bonds. The van der Waals surface area contributed by atoms with Crippen LogP contribution in [0, 0.1) is 0 Å². The Labute approximate surface area is 226 Å². The number of halogens is 2. The number of methoxy groups -OCH3 is 3. The summed E-state index contributed by atoms with van der Waals surface area (Å²) in [7, 11) is 4.50. The van der Waals surface area contributed by atoms with Crippen LogP contribution >= 0.6 is 36.6 Å². The number of rotatable bonds is 8. The molecule has 1 saturated heterocycles. The smallest absolute Gasteiger partial charge is 0.242 e. The number of thioether (sulfide) groups is 1. The summed E-state index contributed by atoms with van der Waals surface area (Å²) in [6.07, 6.45) is 3.52. The van der Waals surface area contributed by atoms with Gasteiger partial charge in [0.2, 0.25) is 11.7 Å². The number of pyridine rings is 1. The van der Waals surface area contributed by atoms with Crippen LogP contribution in [0.5, 0.6) is 17.2 Å². The van der Waals surface area contributed by atoms with Gasteiger partial charge < -0.3 is 19.5 Å². The van der Waals surface area contributed by atoms with Gasteiger partial charge in [0.05, 0.1) is 32.7 Å². The molecule has 2 aromatic carbocycles. The van der Waals surface area contributed by atoms with Crippen LogP contribution in [0.4, 0.5) is 5.69 Å². The first-order valence-electron chi connectivity index (χ1n) is 10.6. The zero-order valence-electron chi connectivity index (χ0n) is 19.8. The zero-order valence-corrected chi connectivity index (χ0v) is 22.3. The van der Waals surface area contributed by atoms with Crippen LogP contribution in [0.15, 0.2) is 60.9 Å². The van der Waals surface area contributed by atoms with Crippen LogP contribution in [0.25, 0.3) is 0 Å². The Kier molecular flexibility index (Phi) is 10.9. The summed E-state index contributed by atoms with van der Waals surface area (Å²) < 4.78 is 16.0. The number of carbonyl (C=O) groups is 2. The second-order valence-corrected chi connectivity index (χ2v) is 8.67. The van der Waals surface area contributed by atoms with Gasteiger partial charge >= 0.3 is 0 Å². The van der Waals surface area contributed by atoms with Gasteiger partial charge in [0.15, 0.2) is 17.3 Å². The third-order valence-electron chi connectivity index (χ3n) is 5.40. The van der Waals surface area contributed by atoms with Crippen molar-refractivity contribution in [1.82, 2.24) is 10.3 Å². The van der Waals surface area contributed by atoms with E-state index in [1.54, 1.807) is 60.6 Å². The van der Waals surface area contributed by atoms with Crippen LogP contribution in [-0.4, -0.2) is 49.8 Å². The normalized spacial score (nSPS) is 16.2. The maximum Gasteiger partial charge on any atom is 0.242 e. The second-order valence-electron chi connectivity index (χ2n) is 7.53. The Morgan fingerprint density at radius 1 is 0.972 bits per heavy atom. The molecule has 0 radical (unpaired) electrons. The Balaban J connectivity index is 0.00000228. The molecular formula is C25H27Cl2N3O5S. The van der Waals surface area contributed by atoms with Crippen LogP contribution in [0.1, 0.15) is 26.9 Å². The molecule has 2 heterocycles. The second kappa shape index (κ2) is 13.4. The lowest BCUT2D eigenvalue weighted by Crippen LogP contribution is -2.38. The van der Waals surface area contributed by atoms with Gasteiger partial charge in [-0.3, -0.25) is 19.9 Å². The lowest BCUT2D eigenvalue weighted by atomic mass is 10.0. The Morgan fingerprint density at radius 3 is 2.31 bits per heavy atom. The van der Waals surface area contributed by atoms with Gasteiger partial charge in [0, 0.05) is 35.0 Å². The molecular weight excluding hydrogens is 525 g/mol. The number of amides is 1. The third kappa shape index (κ3) is 6.41. The summed E-state index contributed by atoms with van der Waals surface area (Å²) in [6, 6.07) is 13.6. The Morgan fingerprint density at radius 2 is 1.69 bits per heavy atom. The quantitative estimate of drug-likeness (QED) is 0.394. The summed E-state index contributed by atoms with van der Waals surface area (Å²) in [5, 5.41) is 6.26. The van der Waals surface area contributed by atoms with E-state index in [9.17, 15) is 9.59 Å². The maximum absolute atomic E-state index is 13.2. The molecule has 36 heavy (non-hydrogen) atoms. The van der Waals surface area contributed by atoms with E-state index in [2.05, 4.69) is 15.6 Å². The standard InChI is InChI=1S/C25H25N3O5S.2ClH/c1-31-20-11-17(12-21(32-2)23(20)33-3)22(29)15-6-4-8-18(10-15)27-24(30)19-14-34-25(28-19)16-7-5-9-26-13-16;;/h4-13,19,25,28H,14H2,1-3H3,(H,27,30);2*1H. The highest BCUT2D eigenvalue weighted by Crippen LogP contribution is 2.39. The van der Waals surface area contributed by atoms with E-state index in [0.717, 1.165) is 5.56 Å². The zero-order chi connectivity index (χ0) is 24.1. The van der Waals surface area contributed by atoms with Gasteiger partial charge in [-0.05, 0) is 35.9 Å². The van der Waals surface area contributed by atoms with Crippen molar-refractivity contribution in [3.63, 3.8) is 0 Å². The first-order chi connectivity index (χ1) is 16.5. The number of nitrogens with one attached hydrogen (secondary N) is 2. The molecule has 192 valence electrons. The van der Waals surface area contributed by atoms with Crippen LogP contribution in [0.3, 0.4) is 0 Å². The van der Waals surface area contributed by atoms with Crippen molar-refractivity contribution in [2.24, 2.45) is 0 Å². The number of carbonyl (C=O) groups excluding carboxylic acids is 2. The van der Waals surface area contributed by atoms with Crippen molar-refractivity contribution in [3.05, 3.63) is 77.6 Å². The van der Waals surface area contributed by atoms with Crippen molar-refractivity contribution in [1.29, 1.82) is 0 Å². The van der Waals surface area contributed by atoms with Gasteiger partial charge in [-0.2, -0.15) is 0 Å². The average Bonchev–Trinajstić information content (AvgIpc) is 3.38. The summed E-state index contributed by atoms with van der Waals surface area (Å²) in [5.41, 5.74) is 2.38. The number of aromatic nitrogens is 1. The van der Waals surface area contributed by atoms with Crippen molar-refractivity contribution >= 4 is 54.0 Å². The Hall–Kier alpha value is -2.98. The largest absolute Gasteiger partial charge is 0.493 e. The lowest BCUT2D eigenvalue weighted by Gasteiger charge is -2.15. The first kappa shape index (κ1) is 29.3. The molecule has 1 aliphatic heterocycles. The molecule has 0 spiro atoms. The molecule has 4 rings (SSSR count). The highest BCUT2D eigenvalue weighted by molar-refractivity contribution is 7.99. The summed E-state index contributed by atoms with van der Waals surface area (Å²) >= 11 is 1.66. The molecule has 2 atom stereocenters. The predicted molar refractivity (Wildman–Crippen MR) is 145 cm³/mol. The van der Waals surface area contributed by atoms with E-state index in [-0.39, 0.29) is 47.9 Å². The van der Waals surface area contributed by atoms with Crippen LogP contribution in [-0.2, 0) is 4.79 Å². The molecule has 0 bridgehead atoms. The summed E-state index contributed by atoms with van der Waals surface area (Å²) in [5.74, 6) is 1.44. The molecule has 8 nitrogen and oxygen atoms in total. The van der Waals surface area contributed by atoms with Crippen molar-refractivity contribution in [3.8, 4) is 17.2 Å². The van der Waals surface area contributed by atoms with Crippen molar-refractivity contribution < 1.29 is 23.8 Å². The lowest BCUT2D eigenvalue weighted by molar-refractivity contribution is -0.117. The molecule has 0 saturated carbocycles. The van der Waals surface area contributed by atoms with E-state index in [1.165, 1.54) is 21.3 Å². The topological polar surface area (TPSA) is 98.8 Å². The predicted octanol–water partition coefficient (Wildman–Crippen LogP) is 4.52. The summed E-state index contributed by atoms with van der Waals surface area (Å²) in [6.45, 7) is 0. The van der Waals surface area contributed by atoms with E-state index < -0.39 is 0 Å². The maximum atomic E-state index is 13.2. The van der Waals surface area contributed by atoms with E-state index >= 15 is 0 Å². The van der Waals surface area contributed by atoms with Gasteiger partial charge in [-0.15, -0.1) is 36.6 Å².